The molecule has 2 heterocycles. The predicted octanol–water partition coefficient (Wildman–Crippen LogP) is 6.56. The Morgan fingerprint density at radius 3 is 2.45 bits per heavy atom. The molecule has 1 saturated heterocycles. The SMILES string of the molecule is CCC[C@H]1O[C@@H]1OC(=O)Oc1ccc(-c2cnc(OCCCCCC[C@@H](C)CC)nc2)cc1. The molecule has 1 aliphatic rings. The molecule has 7 heteroatoms. The topological polar surface area (TPSA) is 83.1 Å². The molecule has 1 aromatic heterocycles. The molecule has 33 heavy (non-hydrogen) atoms. The molecular formula is C26H36N2O5. The van der Waals surface area contributed by atoms with E-state index in [4.69, 9.17) is 18.9 Å². The van der Waals surface area contributed by atoms with Gasteiger partial charge < -0.3 is 18.9 Å². The Bertz CT molecular complexity index is 841. The van der Waals surface area contributed by atoms with Crippen LogP contribution in [0.15, 0.2) is 36.7 Å². The Hall–Kier alpha value is -2.67. The highest BCUT2D eigenvalue weighted by molar-refractivity contribution is 5.66. The quantitative estimate of drug-likeness (QED) is 0.138. The summed E-state index contributed by atoms with van der Waals surface area (Å²) < 4.78 is 21.2. The Labute approximate surface area is 196 Å². The van der Waals surface area contributed by atoms with Gasteiger partial charge in [-0.15, -0.1) is 0 Å². The van der Waals surface area contributed by atoms with E-state index in [1.165, 1.54) is 32.1 Å². The normalized spacial score (nSPS) is 17.9. The van der Waals surface area contributed by atoms with E-state index in [0.29, 0.717) is 18.4 Å². The summed E-state index contributed by atoms with van der Waals surface area (Å²) in [4.78, 5) is 20.5. The highest BCUT2D eigenvalue weighted by Crippen LogP contribution is 2.28. The van der Waals surface area contributed by atoms with Crippen molar-refractivity contribution in [1.29, 1.82) is 0 Å². The van der Waals surface area contributed by atoms with E-state index in [-0.39, 0.29) is 6.10 Å². The summed E-state index contributed by atoms with van der Waals surface area (Å²) in [7, 11) is 0. The smallest absolute Gasteiger partial charge is 0.463 e. The monoisotopic (exact) mass is 456 g/mol. The van der Waals surface area contributed by atoms with Crippen LogP contribution in [-0.2, 0) is 9.47 Å². The average molecular weight is 457 g/mol. The molecule has 1 fully saturated rings. The van der Waals surface area contributed by atoms with Crippen LogP contribution in [0.4, 0.5) is 4.79 Å². The first-order valence-corrected chi connectivity index (χ1v) is 12.2. The first-order valence-electron chi connectivity index (χ1n) is 12.2. The van der Waals surface area contributed by atoms with Gasteiger partial charge >= 0.3 is 12.2 Å². The van der Waals surface area contributed by atoms with E-state index in [2.05, 4.69) is 30.7 Å². The van der Waals surface area contributed by atoms with Gasteiger partial charge in [-0.2, -0.15) is 0 Å². The third-order valence-corrected chi connectivity index (χ3v) is 5.86. The summed E-state index contributed by atoms with van der Waals surface area (Å²) >= 11 is 0. The molecule has 3 atom stereocenters. The molecule has 0 amide bonds. The van der Waals surface area contributed by atoms with Gasteiger partial charge in [0.25, 0.3) is 0 Å². The Morgan fingerprint density at radius 2 is 1.76 bits per heavy atom. The summed E-state index contributed by atoms with van der Waals surface area (Å²) in [5.74, 6) is 1.23. The molecular weight excluding hydrogens is 420 g/mol. The van der Waals surface area contributed by atoms with Crippen LogP contribution in [0, 0.1) is 5.92 Å². The molecule has 3 rings (SSSR count). The molecule has 0 radical (unpaired) electrons. The number of ether oxygens (including phenoxy) is 4. The van der Waals surface area contributed by atoms with Crippen molar-refractivity contribution in [3.05, 3.63) is 36.7 Å². The van der Waals surface area contributed by atoms with Gasteiger partial charge in [-0.05, 0) is 36.5 Å². The summed E-state index contributed by atoms with van der Waals surface area (Å²) in [5, 5.41) is 0. The lowest BCUT2D eigenvalue weighted by Crippen LogP contribution is -2.14. The van der Waals surface area contributed by atoms with E-state index in [1.54, 1.807) is 24.5 Å². The van der Waals surface area contributed by atoms with Crippen LogP contribution in [0.3, 0.4) is 0 Å². The molecule has 7 nitrogen and oxygen atoms in total. The zero-order valence-electron chi connectivity index (χ0n) is 20.0. The summed E-state index contributed by atoms with van der Waals surface area (Å²) in [6.07, 6.45) is 11.4. The van der Waals surface area contributed by atoms with Crippen LogP contribution in [0.2, 0.25) is 0 Å². The number of unbranched alkanes of at least 4 members (excludes halogenated alkanes) is 3. The fraction of sp³-hybridized carbons (Fsp3) is 0.577. The second-order valence-electron chi connectivity index (χ2n) is 8.64. The molecule has 0 saturated carbocycles. The Morgan fingerprint density at radius 1 is 1.03 bits per heavy atom. The molecule has 0 aliphatic carbocycles. The Balaban J connectivity index is 1.36. The molecule has 2 aromatic rings. The zero-order chi connectivity index (χ0) is 23.5. The molecule has 1 aliphatic heterocycles. The van der Waals surface area contributed by atoms with Gasteiger partial charge in [0.15, 0.2) is 0 Å². The van der Waals surface area contributed by atoms with E-state index in [9.17, 15) is 4.79 Å². The van der Waals surface area contributed by atoms with Gasteiger partial charge in [0, 0.05) is 18.0 Å². The van der Waals surface area contributed by atoms with Gasteiger partial charge in [-0.3, -0.25) is 0 Å². The lowest BCUT2D eigenvalue weighted by atomic mass is 10.0. The van der Waals surface area contributed by atoms with Crippen LogP contribution in [0.5, 0.6) is 11.8 Å². The van der Waals surface area contributed by atoms with Crippen LogP contribution < -0.4 is 9.47 Å². The van der Waals surface area contributed by atoms with Crippen molar-refractivity contribution in [2.45, 2.75) is 84.5 Å². The first kappa shape index (κ1) is 25.0. The number of aromatic nitrogens is 2. The molecule has 0 N–H and O–H groups in total. The number of benzene rings is 1. The number of hydrogen-bond acceptors (Lipinski definition) is 7. The molecule has 0 unspecified atom stereocenters. The largest absolute Gasteiger partial charge is 0.516 e. The second kappa shape index (κ2) is 13.1. The number of carbonyl (C=O) groups is 1. The van der Waals surface area contributed by atoms with E-state index >= 15 is 0 Å². The van der Waals surface area contributed by atoms with Gasteiger partial charge in [-0.25, -0.2) is 14.8 Å². The molecule has 0 spiro atoms. The number of carbonyl (C=O) groups excluding carboxylic acids is 1. The van der Waals surface area contributed by atoms with E-state index in [0.717, 1.165) is 36.3 Å². The highest BCUT2D eigenvalue weighted by Gasteiger charge is 2.42. The third kappa shape index (κ3) is 8.65. The number of epoxide rings is 1. The van der Waals surface area contributed by atoms with Crippen molar-refractivity contribution in [3.8, 4) is 22.9 Å². The van der Waals surface area contributed by atoms with E-state index < -0.39 is 12.4 Å². The van der Waals surface area contributed by atoms with Crippen molar-refractivity contribution in [2.24, 2.45) is 5.92 Å². The molecule has 1 aromatic carbocycles. The fourth-order valence-corrected chi connectivity index (χ4v) is 3.51. The molecule has 0 bridgehead atoms. The Kier molecular flexibility index (Phi) is 9.94. The average Bonchev–Trinajstić information content (AvgIpc) is 3.56. The molecule has 180 valence electrons. The fourth-order valence-electron chi connectivity index (χ4n) is 3.51. The third-order valence-electron chi connectivity index (χ3n) is 5.86. The summed E-state index contributed by atoms with van der Waals surface area (Å²) in [6, 6.07) is 7.49. The number of hydrogen-bond donors (Lipinski definition) is 0. The maximum absolute atomic E-state index is 11.8. The van der Waals surface area contributed by atoms with Gasteiger partial charge in [0.05, 0.1) is 6.61 Å². The summed E-state index contributed by atoms with van der Waals surface area (Å²) in [5.41, 5.74) is 1.77. The van der Waals surface area contributed by atoms with Crippen molar-refractivity contribution in [2.75, 3.05) is 6.61 Å². The van der Waals surface area contributed by atoms with E-state index in [1.807, 2.05) is 12.1 Å². The maximum atomic E-state index is 11.8. The number of rotatable bonds is 14. The standard InChI is InChI=1S/C26H36N2O5/c1-4-10-23-24(32-23)33-26(29)31-22-14-12-20(13-15-22)21-17-27-25(28-18-21)30-16-9-7-6-8-11-19(3)5-2/h12-15,17-19,23-24H,4-11,16H2,1-3H3/t19-,23+,24+/m0/s1. The number of nitrogens with zero attached hydrogens (tertiary/aromatic N) is 2. The van der Waals surface area contributed by atoms with Crippen LogP contribution in [-0.4, -0.2) is 35.1 Å². The maximum Gasteiger partial charge on any atom is 0.516 e. The minimum absolute atomic E-state index is 0.00338. The van der Waals surface area contributed by atoms with Gasteiger partial charge in [0.1, 0.15) is 11.9 Å². The zero-order valence-corrected chi connectivity index (χ0v) is 20.0. The van der Waals surface area contributed by atoms with Gasteiger partial charge in [0.2, 0.25) is 6.29 Å². The van der Waals surface area contributed by atoms with Crippen molar-refractivity contribution < 1.29 is 23.7 Å². The van der Waals surface area contributed by atoms with Crippen LogP contribution in [0.1, 0.15) is 72.1 Å². The summed E-state index contributed by atoms with van der Waals surface area (Å²) in [6.45, 7) is 7.26. The lowest BCUT2D eigenvalue weighted by molar-refractivity contribution is 0.0562. The van der Waals surface area contributed by atoms with Crippen LogP contribution >= 0.6 is 0 Å². The second-order valence-corrected chi connectivity index (χ2v) is 8.64. The minimum atomic E-state index is -0.758. The predicted molar refractivity (Wildman–Crippen MR) is 126 cm³/mol. The van der Waals surface area contributed by atoms with Crippen LogP contribution in [0.25, 0.3) is 11.1 Å². The first-order chi connectivity index (χ1) is 16.1. The van der Waals surface area contributed by atoms with Gasteiger partial charge in [-0.1, -0.05) is 71.4 Å². The van der Waals surface area contributed by atoms with Crippen molar-refractivity contribution in [3.63, 3.8) is 0 Å². The lowest BCUT2D eigenvalue weighted by Gasteiger charge is -2.08. The van der Waals surface area contributed by atoms with Crippen molar-refractivity contribution >= 4 is 6.16 Å². The minimum Gasteiger partial charge on any atom is -0.463 e. The van der Waals surface area contributed by atoms with Crippen molar-refractivity contribution in [1.82, 2.24) is 9.97 Å². The highest BCUT2D eigenvalue weighted by atomic mass is 16.8.